The minimum atomic E-state index is -0.229. The quantitative estimate of drug-likeness (QED) is 0.913. The number of likely N-dealkylation sites (tertiary alicyclic amines) is 1. The van der Waals surface area contributed by atoms with E-state index in [4.69, 9.17) is 4.74 Å². The highest BCUT2D eigenvalue weighted by Gasteiger charge is 2.34. The van der Waals surface area contributed by atoms with Crippen molar-refractivity contribution in [2.45, 2.75) is 18.9 Å². The van der Waals surface area contributed by atoms with Crippen LogP contribution in [-0.4, -0.2) is 64.3 Å². The highest BCUT2D eigenvalue weighted by atomic mass is 16.6. The lowest BCUT2D eigenvalue weighted by molar-refractivity contribution is 0.0654. The number of fused-ring (bicyclic) bond motifs is 1. The topological polar surface area (TPSA) is 78.5 Å². The van der Waals surface area contributed by atoms with E-state index in [9.17, 15) is 9.59 Å². The molecule has 0 atom stereocenters. The average molecular weight is 314 g/mol. The van der Waals surface area contributed by atoms with E-state index in [0.29, 0.717) is 31.9 Å². The lowest BCUT2D eigenvalue weighted by Gasteiger charge is -2.35. The van der Waals surface area contributed by atoms with Gasteiger partial charge in [-0.05, 0) is 18.9 Å². The number of hydrogen-bond donors (Lipinski definition) is 1. The van der Waals surface area contributed by atoms with Crippen LogP contribution in [0.2, 0.25) is 0 Å². The summed E-state index contributed by atoms with van der Waals surface area (Å²) in [4.78, 5) is 27.9. The molecule has 120 valence electrons. The number of carbonyl (C=O) groups excluding carboxylic acids is 2. The van der Waals surface area contributed by atoms with Gasteiger partial charge in [0.25, 0.3) is 5.91 Å². The second kappa shape index (κ2) is 5.57. The predicted octanol–water partition coefficient (Wildman–Crippen LogP) is 1.62. The summed E-state index contributed by atoms with van der Waals surface area (Å²) in [5, 5.41) is 7.93. The Kier molecular flexibility index (Phi) is 3.40. The Labute approximate surface area is 133 Å². The Balaban J connectivity index is 1.46. The number of rotatable bonds is 2. The highest BCUT2D eigenvalue weighted by molar-refractivity contribution is 6.04. The SMILES string of the molecule is O=C(c1n[nH]c2ccccc12)N1CCC(N2CCOC2=O)CC1. The van der Waals surface area contributed by atoms with Crippen molar-refractivity contribution in [1.82, 2.24) is 20.0 Å². The van der Waals surface area contributed by atoms with Gasteiger partial charge in [0.15, 0.2) is 5.69 Å². The fourth-order valence-electron chi connectivity index (χ4n) is 3.39. The first-order chi connectivity index (χ1) is 11.2. The molecule has 2 aromatic rings. The van der Waals surface area contributed by atoms with Crippen LogP contribution >= 0.6 is 0 Å². The number of H-pyrrole nitrogens is 1. The lowest BCUT2D eigenvalue weighted by Crippen LogP contribution is -2.47. The third kappa shape index (κ3) is 2.42. The van der Waals surface area contributed by atoms with E-state index in [-0.39, 0.29) is 18.0 Å². The van der Waals surface area contributed by atoms with Gasteiger partial charge in [-0.25, -0.2) is 4.79 Å². The molecule has 2 aliphatic rings. The highest BCUT2D eigenvalue weighted by Crippen LogP contribution is 2.23. The molecule has 7 nitrogen and oxygen atoms in total. The summed E-state index contributed by atoms with van der Waals surface area (Å²) in [6, 6.07) is 7.79. The van der Waals surface area contributed by atoms with Crippen molar-refractivity contribution in [3.8, 4) is 0 Å². The summed E-state index contributed by atoms with van der Waals surface area (Å²) in [5.41, 5.74) is 1.34. The number of ether oxygens (including phenoxy) is 1. The number of benzene rings is 1. The van der Waals surface area contributed by atoms with Crippen molar-refractivity contribution in [3.63, 3.8) is 0 Å². The summed E-state index contributed by atoms with van der Waals surface area (Å²) in [6.45, 7) is 2.39. The van der Waals surface area contributed by atoms with Crippen LogP contribution in [-0.2, 0) is 4.74 Å². The number of nitrogens with one attached hydrogen (secondary N) is 1. The summed E-state index contributed by atoms with van der Waals surface area (Å²) in [6.07, 6.45) is 1.33. The number of para-hydroxylation sites is 1. The van der Waals surface area contributed by atoms with Gasteiger partial charge in [0.2, 0.25) is 0 Å². The molecular formula is C16H18N4O3. The summed E-state index contributed by atoms with van der Waals surface area (Å²) in [7, 11) is 0. The maximum Gasteiger partial charge on any atom is 0.410 e. The van der Waals surface area contributed by atoms with E-state index in [1.807, 2.05) is 29.2 Å². The molecule has 2 saturated heterocycles. The molecule has 0 bridgehead atoms. The van der Waals surface area contributed by atoms with Crippen LogP contribution in [0.3, 0.4) is 0 Å². The summed E-state index contributed by atoms with van der Waals surface area (Å²) < 4.78 is 4.99. The van der Waals surface area contributed by atoms with Crippen molar-refractivity contribution in [2.24, 2.45) is 0 Å². The molecule has 1 aromatic carbocycles. The van der Waals surface area contributed by atoms with Crippen LogP contribution < -0.4 is 0 Å². The number of hydrogen-bond acceptors (Lipinski definition) is 4. The fourth-order valence-corrected chi connectivity index (χ4v) is 3.39. The molecule has 2 aliphatic heterocycles. The second-order valence-corrected chi connectivity index (χ2v) is 5.95. The van der Waals surface area contributed by atoms with Gasteiger partial charge in [0.05, 0.1) is 12.1 Å². The van der Waals surface area contributed by atoms with E-state index in [2.05, 4.69) is 10.2 Å². The monoisotopic (exact) mass is 314 g/mol. The Bertz CT molecular complexity index is 749. The van der Waals surface area contributed by atoms with E-state index in [1.165, 1.54) is 0 Å². The van der Waals surface area contributed by atoms with Crippen molar-refractivity contribution < 1.29 is 14.3 Å². The van der Waals surface area contributed by atoms with Crippen LogP contribution in [0, 0.1) is 0 Å². The molecule has 4 rings (SSSR count). The van der Waals surface area contributed by atoms with Crippen molar-refractivity contribution >= 4 is 22.9 Å². The first-order valence-corrected chi connectivity index (χ1v) is 7.90. The van der Waals surface area contributed by atoms with Gasteiger partial charge in [0.1, 0.15) is 6.61 Å². The molecule has 2 fully saturated rings. The zero-order valence-electron chi connectivity index (χ0n) is 12.7. The van der Waals surface area contributed by atoms with E-state index in [1.54, 1.807) is 4.90 Å². The molecule has 1 aromatic heterocycles. The van der Waals surface area contributed by atoms with Crippen LogP contribution in [0.5, 0.6) is 0 Å². The molecule has 3 heterocycles. The molecule has 0 saturated carbocycles. The minimum absolute atomic E-state index is 0.0510. The lowest BCUT2D eigenvalue weighted by atomic mass is 10.0. The number of carbonyl (C=O) groups is 2. The summed E-state index contributed by atoms with van der Waals surface area (Å²) >= 11 is 0. The van der Waals surface area contributed by atoms with Gasteiger partial charge in [-0.3, -0.25) is 9.89 Å². The third-order valence-electron chi connectivity index (χ3n) is 4.66. The standard InChI is InChI=1S/C16H18N4O3/c21-15(14-12-3-1-2-4-13(12)17-18-14)19-7-5-11(6-8-19)20-9-10-23-16(20)22/h1-4,11H,5-10H2,(H,17,18). The molecule has 2 amide bonds. The maximum absolute atomic E-state index is 12.7. The zero-order chi connectivity index (χ0) is 15.8. The van der Waals surface area contributed by atoms with Crippen LogP contribution in [0.15, 0.2) is 24.3 Å². The van der Waals surface area contributed by atoms with Gasteiger partial charge in [-0.15, -0.1) is 0 Å². The number of aromatic amines is 1. The smallest absolute Gasteiger partial charge is 0.410 e. The second-order valence-electron chi connectivity index (χ2n) is 5.95. The van der Waals surface area contributed by atoms with Gasteiger partial charge in [-0.2, -0.15) is 5.10 Å². The molecule has 0 spiro atoms. The van der Waals surface area contributed by atoms with Crippen LogP contribution in [0.25, 0.3) is 10.9 Å². The minimum Gasteiger partial charge on any atom is -0.448 e. The van der Waals surface area contributed by atoms with Crippen molar-refractivity contribution in [2.75, 3.05) is 26.2 Å². The Hall–Kier alpha value is -2.57. The van der Waals surface area contributed by atoms with Crippen LogP contribution in [0.1, 0.15) is 23.3 Å². The maximum atomic E-state index is 12.7. The molecule has 0 aliphatic carbocycles. The van der Waals surface area contributed by atoms with Crippen molar-refractivity contribution in [3.05, 3.63) is 30.0 Å². The van der Waals surface area contributed by atoms with Crippen molar-refractivity contribution in [1.29, 1.82) is 0 Å². The Morgan fingerprint density at radius 2 is 2.00 bits per heavy atom. The fraction of sp³-hybridized carbons (Fsp3) is 0.438. The Morgan fingerprint density at radius 3 is 2.74 bits per heavy atom. The first kappa shape index (κ1) is 14.0. The van der Waals surface area contributed by atoms with Gasteiger partial charge in [-0.1, -0.05) is 18.2 Å². The zero-order valence-corrected chi connectivity index (χ0v) is 12.7. The third-order valence-corrected chi connectivity index (χ3v) is 4.66. The van der Waals surface area contributed by atoms with E-state index >= 15 is 0 Å². The average Bonchev–Trinajstić information content (AvgIpc) is 3.20. The number of aromatic nitrogens is 2. The normalized spacial score (nSPS) is 19.4. The molecule has 1 N–H and O–H groups in total. The molecule has 23 heavy (non-hydrogen) atoms. The van der Waals surface area contributed by atoms with Gasteiger partial charge >= 0.3 is 6.09 Å². The number of cyclic esters (lactones) is 1. The molecule has 0 radical (unpaired) electrons. The molecule has 7 heteroatoms. The molecule has 0 unspecified atom stereocenters. The number of amides is 2. The number of nitrogens with zero attached hydrogens (tertiary/aromatic N) is 3. The molecular weight excluding hydrogens is 296 g/mol. The summed E-state index contributed by atoms with van der Waals surface area (Å²) in [5.74, 6) is -0.0510. The Morgan fingerprint density at radius 1 is 1.22 bits per heavy atom. The van der Waals surface area contributed by atoms with Gasteiger partial charge in [0, 0.05) is 24.5 Å². The van der Waals surface area contributed by atoms with Crippen LogP contribution in [0.4, 0.5) is 4.79 Å². The first-order valence-electron chi connectivity index (χ1n) is 7.90. The largest absolute Gasteiger partial charge is 0.448 e. The van der Waals surface area contributed by atoms with E-state index in [0.717, 1.165) is 23.7 Å². The number of piperidine rings is 1. The predicted molar refractivity (Wildman–Crippen MR) is 83.1 cm³/mol. The van der Waals surface area contributed by atoms with Gasteiger partial charge < -0.3 is 14.5 Å². The van der Waals surface area contributed by atoms with E-state index < -0.39 is 0 Å².